The number of hydrogen-bond donors (Lipinski definition) is 1. The molecule has 1 fully saturated rings. The average Bonchev–Trinajstić information content (AvgIpc) is 3.04. The summed E-state index contributed by atoms with van der Waals surface area (Å²) in [5.74, 6) is -2.20. The van der Waals surface area contributed by atoms with E-state index in [-0.39, 0.29) is 12.8 Å². The van der Waals surface area contributed by atoms with E-state index in [0.29, 0.717) is 11.4 Å². The molecule has 1 aliphatic rings. The number of nitrogens with zero attached hydrogens (tertiary/aromatic N) is 3. The molecule has 0 radical (unpaired) electrons. The average molecular weight is 394 g/mol. The predicted octanol–water partition coefficient (Wildman–Crippen LogP) is 2.73. The molecule has 29 heavy (non-hydrogen) atoms. The summed E-state index contributed by atoms with van der Waals surface area (Å²) in [5, 5.41) is 10.8. The number of nitrogens with one attached hydrogen (secondary N) is 1. The quantitative estimate of drug-likeness (QED) is 0.440. The fourth-order valence-electron chi connectivity index (χ4n) is 2.54. The number of anilines is 1. The number of esters is 1. The summed E-state index contributed by atoms with van der Waals surface area (Å²) in [6, 6.07) is 15.9. The molecule has 0 atom stereocenters. The third kappa shape index (κ3) is 5.80. The van der Waals surface area contributed by atoms with E-state index in [1.165, 1.54) is 0 Å². The third-order valence-electron chi connectivity index (χ3n) is 3.99. The van der Waals surface area contributed by atoms with Gasteiger partial charge in [-0.2, -0.15) is 10.2 Å². The van der Waals surface area contributed by atoms with Crippen LogP contribution >= 0.6 is 0 Å². The van der Waals surface area contributed by atoms with Crippen molar-refractivity contribution in [1.29, 1.82) is 0 Å². The van der Waals surface area contributed by atoms with Gasteiger partial charge in [0.05, 0.1) is 11.4 Å². The number of amides is 3. The van der Waals surface area contributed by atoms with E-state index in [1.54, 1.807) is 24.3 Å². The maximum absolute atomic E-state index is 11.9. The Bertz CT molecular complexity index is 925. The molecule has 3 rings (SSSR count). The highest BCUT2D eigenvalue weighted by Crippen LogP contribution is 2.20. The van der Waals surface area contributed by atoms with Gasteiger partial charge in [-0.3, -0.25) is 24.1 Å². The lowest BCUT2D eigenvalue weighted by molar-refractivity contribution is -0.153. The van der Waals surface area contributed by atoms with Gasteiger partial charge in [0.1, 0.15) is 6.54 Å². The Kier molecular flexibility index (Phi) is 6.41. The molecular formula is C20H18N4O5. The summed E-state index contributed by atoms with van der Waals surface area (Å²) in [5.41, 5.74) is 1.83. The van der Waals surface area contributed by atoms with E-state index >= 15 is 0 Å². The Morgan fingerprint density at radius 3 is 2.10 bits per heavy atom. The van der Waals surface area contributed by atoms with Crippen molar-refractivity contribution in [3.8, 4) is 0 Å². The Balaban J connectivity index is 1.44. The lowest BCUT2D eigenvalue weighted by Crippen LogP contribution is -2.36. The van der Waals surface area contributed by atoms with Crippen LogP contribution in [-0.2, 0) is 23.9 Å². The second-order valence-corrected chi connectivity index (χ2v) is 6.16. The molecule has 2 aromatic rings. The fourth-order valence-corrected chi connectivity index (χ4v) is 2.54. The van der Waals surface area contributed by atoms with Gasteiger partial charge in [0, 0.05) is 18.5 Å². The van der Waals surface area contributed by atoms with Crippen LogP contribution in [0.4, 0.5) is 17.1 Å². The maximum Gasteiger partial charge on any atom is 0.326 e. The van der Waals surface area contributed by atoms with Crippen molar-refractivity contribution in [2.75, 3.05) is 18.5 Å². The molecule has 9 nitrogen and oxygen atoms in total. The largest absolute Gasteiger partial charge is 0.454 e. The van der Waals surface area contributed by atoms with Gasteiger partial charge in [-0.25, -0.2) is 0 Å². The first-order valence-corrected chi connectivity index (χ1v) is 8.87. The van der Waals surface area contributed by atoms with Crippen molar-refractivity contribution >= 4 is 40.8 Å². The van der Waals surface area contributed by atoms with E-state index in [4.69, 9.17) is 4.74 Å². The van der Waals surface area contributed by atoms with E-state index < -0.39 is 36.8 Å². The van der Waals surface area contributed by atoms with Crippen molar-refractivity contribution in [2.45, 2.75) is 12.8 Å². The minimum atomic E-state index is -0.819. The molecule has 0 spiro atoms. The van der Waals surface area contributed by atoms with Crippen LogP contribution in [0.1, 0.15) is 12.8 Å². The topological polar surface area (TPSA) is 118 Å². The number of hydrogen-bond acceptors (Lipinski definition) is 7. The van der Waals surface area contributed by atoms with Gasteiger partial charge in [-0.15, -0.1) is 0 Å². The second-order valence-electron chi connectivity index (χ2n) is 6.16. The van der Waals surface area contributed by atoms with Crippen LogP contribution in [0.25, 0.3) is 0 Å². The van der Waals surface area contributed by atoms with E-state index in [0.717, 1.165) is 10.6 Å². The van der Waals surface area contributed by atoms with E-state index in [1.807, 2.05) is 30.3 Å². The molecule has 1 heterocycles. The smallest absolute Gasteiger partial charge is 0.326 e. The van der Waals surface area contributed by atoms with Gasteiger partial charge >= 0.3 is 5.97 Å². The number of azo groups is 1. The van der Waals surface area contributed by atoms with Gasteiger partial charge in [0.25, 0.3) is 5.91 Å². The SMILES string of the molecule is O=C(COC(=O)CN1C(=O)CCC1=O)Nc1ccc(N=Nc2ccccc2)cc1. The summed E-state index contributed by atoms with van der Waals surface area (Å²) < 4.78 is 4.82. The normalized spacial score (nSPS) is 13.7. The highest BCUT2D eigenvalue weighted by molar-refractivity contribution is 6.04. The van der Waals surface area contributed by atoms with Crippen molar-refractivity contribution in [2.24, 2.45) is 10.2 Å². The molecule has 0 bridgehead atoms. The van der Waals surface area contributed by atoms with Crippen molar-refractivity contribution in [1.82, 2.24) is 4.90 Å². The van der Waals surface area contributed by atoms with Crippen molar-refractivity contribution in [3.05, 3.63) is 54.6 Å². The lowest BCUT2D eigenvalue weighted by Gasteiger charge is -2.12. The summed E-state index contributed by atoms with van der Waals surface area (Å²) >= 11 is 0. The molecule has 0 aromatic heterocycles. The summed E-state index contributed by atoms with van der Waals surface area (Å²) in [4.78, 5) is 47.4. The zero-order valence-corrected chi connectivity index (χ0v) is 15.4. The van der Waals surface area contributed by atoms with E-state index in [9.17, 15) is 19.2 Å². The van der Waals surface area contributed by atoms with Crippen LogP contribution in [0.5, 0.6) is 0 Å². The predicted molar refractivity (Wildman–Crippen MR) is 103 cm³/mol. The summed E-state index contributed by atoms with van der Waals surface area (Å²) in [7, 11) is 0. The van der Waals surface area contributed by atoms with Crippen molar-refractivity contribution < 1.29 is 23.9 Å². The molecule has 1 aliphatic heterocycles. The molecule has 1 N–H and O–H groups in total. The Hall–Kier alpha value is -3.88. The minimum absolute atomic E-state index is 0.0908. The Morgan fingerprint density at radius 1 is 0.897 bits per heavy atom. The number of carbonyl (C=O) groups is 4. The Labute approximate surface area is 166 Å². The van der Waals surface area contributed by atoms with Gasteiger partial charge in [-0.1, -0.05) is 18.2 Å². The Morgan fingerprint density at radius 2 is 1.48 bits per heavy atom. The molecular weight excluding hydrogens is 376 g/mol. The molecule has 0 saturated carbocycles. The third-order valence-corrected chi connectivity index (χ3v) is 3.99. The van der Waals surface area contributed by atoms with Crippen molar-refractivity contribution in [3.63, 3.8) is 0 Å². The van der Waals surface area contributed by atoms with Crippen LogP contribution in [0.15, 0.2) is 64.8 Å². The van der Waals surface area contributed by atoms with Gasteiger partial charge in [0.2, 0.25) is 11.8 Å². The standard InChI is InChI=1S/C20H18N4O5/c25-17(13-29-20(28)12-24-18(26)10-11-19(24)27)21-14-6-8-16(9-7-14)23-22-15-4-2-1-3-5-15/h1-9H,10-13H2,(H,21,25). The molecule has 9 heteroatoms. The highest BCUT2D eigenvalue weighted by atomic mass is 16.5. The van der Waals surface area contributed by atoms with Crippen LogP contribution in [0.3, 0.4) is 0 Å². The number of carbonyl (C=O) groups excluding carboxylic acids is 4. The molecule has 0 unspecified atom stereocenters. The molecule has 0 aliphatic carbocycles. The zero-order valence-electron chi connectivity index (χ0n) is 15.4. The molecule has 1 saturated heterocycles. The lowest BCUT2D eigenvalue weighted by atomic mass is 10.3. The number of rotatable bonds is 7. The highest BCUT2D eigenvalue weighted by Gasteiger charge is 2.31. The van der Waals surface area contributed by atoms with Gasteiger partial charge < -0.3 is 10.1 Å². The van der Waals surface area contributed by atoms with Crippen LogP contribution in [-0.4, -0.2) is 41.7 Å². The number of imide groups is 1. The fraction of sp³-hybridized carbons (Fsp3) is 0.200. The second kappa shape index (κ2) is 9.36. The van der Waals surface area contributed by atoms with Crippen LogP contribution in [0, 0.1) is 0 Å². The minimum Gasteiger partial charge on any atom is -0.454 e. The number of ether oxygens (including phenoxy) is 1. The maximum atomic E-state index is 11.9. The molecule has 3 amide bonds. The number of likely N-dealkylation sites (tertiary alicyclic amines) is 1. The van der Waals surface area contributed by atoms with E-state index in [2.05, 4.69) is 15.5 Å². The first-order chi connectivity index (χ1) is 14.0. The molecule has 2 aromatic carbocycles. The zero-order chi connectivity index (χ0) is 20.6. The first kappa shape index (κ1) is 19.9. The van der Waals surface area contributed by atoms with Crippen LogP contribution < -0.4 is 5.32 Å². The monoisotopic (exact) mass is 394 g/mol. The first-order valence-electron chi connectivity index (χ1n) is 8.87. The summed E-state index contributed by atoms with van der Waals surface area (Å²) in [6.45, 7) is -1.00. The van der Waals surface area contributed by atoms with Gasteiger partial charge in [0.15, 0.2) is 6.61 Å². The number of benzene rings is 2. The van der Waals surface area contributed by atoms with Crippen LogP contribution in [0.2, 0.25) is 0 Å². The molecule has 148 valence electrons. The van der Waals surface area contributed by atoms with Gasteiger partial charge in [-0.05, 0) is 36.4 Å². The summed E-state index contributed by atoms with van der Waals surface area (Å²) in [6.07, 6.45) is 0.182.